The first-order valence-electron chi connectivity index (χ1n) is 9.14. The number of rotatable bonds is 5. The maximum Gasteiger partial charge on any atom is 0.231 e. The van der Waals surface area contributed by atoms with Crippen molar-refractivity contribution in [3.05, 3.63) is 47.0 Å². The normalized spacial score (nSPS) is 19.5. The summed E-state index contributed by atoms with van der Waals surface area (Å²) >= 11 is 0. The molecule has 0 bridgehead atoms. The van der Waals surface area contributed by atoms with Gasteiger partial charge >= 0.3 is 0 Å². The van der Waals surface area contributed by atoms with Gasteiger partial charge in [-0.2, -0.15) is 0 Å². The Morgan fingerprint density at radius 3 is 2.67 bits per heavy atom. The monoisotopic (exact) mass is 371 g/mol. The number of ether oxygens (including phenoxy) is 4. The molecule has 6 nitrogen and oxygen atoms in total. The molecule has 0 unspecified atom stereocenters. The first-order valence-corrected chi connectivity index (χ1v) is 9.14. The van der Waals surface area contributed by atoms with Crippen LogP contribution >= 0.6 is 0 Å². The van der Waals surface area contributed by atoms with Gasteiger partial charge in [0.25, 0.3) is 0 Å². The summed E-state index contributed by atoms with van der Waals surface area (Å²) in [5, 5.41) is 10.9. The SMILES string of the molecule is COc1ccc([C@H](O)C[C@H]2c3c(cc4c(c3OC)OCO4)CCN2C)cc1. The lowest BCUT2D eigenvalue weighted by Crippen LogP contribution is -2.33. The minimum atomic E-state index is -0.593. The molecule has 2 aliphatic rings. The number of hydrogen-bond acceptors (Lipinski definition) is 6. The van der Waals surface area contributed by atoms with Gasteiger partial charge in [0, 0.05) is 18.2 Å². The van der Waals surface area contributed by atoms with E-state index in [4.69, 9.17) is 18.9 Å². The molecule has 0 spiro atoms. The van der Waals surface area contributed by atoms with E-state index in [0.29, 0.717) is 12.2 Å². The van der Waals surface area contributed by atoms with Gasteiger partial charge in [0.15, 0.2) is 11.5 Å². The summed E-state index contributed by atoms with van der Waals surface area (Å²) in [6.45, 7) is 1.12. The second kappa shape index (κ2) is 7.29. The molecule has 0 amide bonds. The standard InChI is InChI=1S/C21H25NO5/c1-22-9-8-14-10-18-20(27-12-26-18)21(25-3)19(14)16(22)11-17(23)13-4-6-15(24-2)7-5-13/h4-7,10,16-17,23H,8-9,11-12H2,1-3H3/t16-,17+/m0/s1. The average molecular weight is 371 g/mol. The molecule has 2 heterocycles. The number of benzene rings is 2. The minimum Gasteiger partial charge on any atom is -0.497 e. The van der Waals surface area contributed by atoms with Crippen LogP contribution in [0.4, 0.5) is 0 Å². The Kier molecular flexibility index (Phi) is 4.85. The molecule has 2 aliphatic heterocycles. The Hall–Kier alpha value is -2.44. The van der Waals surface area contributed by atoms with Gasteiger partial charge in [-0.05, 0) is 49.2 Å². The van der Waals surface area contributed by atoms with Crippen molar-refractivity contribution in [3.8, 4) is 23.0 Å². The smallest absolute Gasteiger partial charge is 0.231 e. The van der Waals surface area contributed by atoms with Crippen molar-refractivity contribution in [2.75, 3.05) is 34.6 Å². The number of fused-ring (bicyclic) bond motifs is 2. The Morgan fingerprint density at radius 1 is 1.19 bits per heavy atom. The van der Waals surface area contributed by atoms with Crippen molar-refractivity contribution in [1.82, 2.24) is 4.90 Å². The number of methoxy groups -OCH3 is 2. The summed E-state index contributed by atoms with van der Waals surface area (Å²) in [6, 6.07) is 9.63. The molecular formula is C21H25NO5. The van der Waals surface area contributed by atoms with Crippen LogP contribution in [0.3, 0.4) is 0 Å². The summed E-state index contributed by atoms with van der Waals surface area (Å²) in [4.78, 5) is 2.26. The van der Waals surface area contributed by atoms with Gasteiger partial charge in [0.2, 0.25) is 12.5 Å². The van der Waals surface area contributed by atoms with E-state index in [1.807, 2.05) is 24.3 Å². The lowest BCUT2D eigenvalue weighted by molar-refractivity contribution is 0.107. The number of hydrogen-bond donors (Lipinski definition) is 1. The lowest BCUT2D eigenvalue weighted by atomic mass is 9.87. The van der Waals surface area contributed by atoms with E-state index in [0.717, 1.165) is 41.3 Å². The molecule has 0 aliphatic carbocycles. The van der Waals surface area contributed by atoms with Crippen LogP contribution in [0.15, 0.2) is 30.3 Å². The van der Waals surface area contributed by atoms with Crippen molar-refractivity contribution in [2.24, 2.45) is 0 Å². The first kappa shape index (κ1) is 17.9. The second-order valence-electron chi connectivity index (χ2n) is 6.99. The number of nitrogens with zero attached hydrogens (tertiary/aromatic N) is 1. The van der Waals surface area contributed by atoms with E-state index >= 15 is 0 Å². The van der Waals surface area contributed by atoms with Crippen molar-refractivity contribution in [2.45, 2.75) is 25.0 Å². The van der Waals surface area contributed by atoms with Crippen molar-refractivity contribution in [3.63, 3.8) is 0 Å². The van der Waals surface area contributed by atoms with Gasteiger partial charge in [-0.15, -0.1) is 0 Å². The van der Waals surface area contributed by atoms with E-state index in [9.17, 15) is 5.11 Å². The molecule has 2 atom stereocenters. The zero-order valence-corrected chi connectivity index (χ0v) is 15.9. The maximum absolute atomic E-state index is 10.9. The summed E-state index contributed by atoms with van der Waals surface area (Å²) in [5.74, 6) is 2.90. The third-order valence-electron chi connectivity index (χ3n) is 5.49. The van der Waals surface area contributed by atoms with Gasteiger partial charge < -0.3 is 24.1 Å². The number of likely N-dealkylation sites (N-methyl/N-ethyl adjacent to an activating group) is 1. The van der Waals surface area contributed by atoms with Gasteiger partial charge in [0.05, 0.1) is 20.3 Å². The highest BCUT2D eigenvalue weighted by Gasteiger charge is 2.35. The highest BCUT2D eigenvalue weighted by molar-refractivity contribution is 5.61. The number of aliphatic hydroxyl groups excluding tert-OH is 1. The van der Waals surface area contributed by atoms with Gasteiger partial charge in [0.1, 0.15) is 5.75 Å². The number of aliphatic hydroxyl groups is 1. The van der Waals surface area contributed by atoms with E-state index in [1.54, 1.807) is 14.2 Å². The van der Waals surface area contributed by atoms with Crippen LogP contribution in [0.2, 0.25) is 0 Å². The zero-order valence-electron chi connectivity index (χ0n) is 15.9. The van der Waals surface area contributed by atoms with Gasteiger partial charge in [-0.1, -0.05) is 12.1 Å². The molecule has 144 valence electrons. The Bertz CT molecular complexity index is 820. The van der Waals surface area contributed by atoms with E-state index < -0.39 is 6.10 Å². The summed E-state index contributed by atoms with van der Waals surface area (Å²) < 4.78 is 22.1. The maximum atomic E-state index is 10.9. The molecule has 2 aromatic rings. The molecule has 27 heavy (non-hydrogen) atoms. The summed E-state index contributed by atoms with van der Waals surface area (Å²) in [7, 11) is 5.37. The molecule has 0 saturated heterocycles. The van der Waals surface area contributed by atoms with E-state index in [-0.39, 0.29) is 12.8 Å². The van der Waals surface area contributed by atoms with Gasteiger partial charge in [-0.3, -0.25) is 4.90 Å². The predicted octanol–water partition coefficient (Wildman–Crippen LogP) is 3.09. The molecule has 1 N–H and O–H groups in total. The third kappa shape index (κ3) is 3.19. The van der Waals surface area contributed by atoms with Crippen LogP contribution in [0.1, 0.15) is 35.3 Å². The third-order valence-corrected chi connectivity index (χ3v) is 5.49. The Morgan fingerprint density at radius 2 is 1.96 bits per heavy atom. The molecule has 0 fully saturated rings. The molecule has 6 heteroatoms. The minimum absolute atomic E-state index is 0.0234. The quantitative estimate of drug-likeness (QED) is 0.872. The molecular weight excluding hydrogens is 346 g/mol. The second-order valence-corrected chi connectivity index (χ2v) is 6.99. The molecule has 4 rings (SSSR count). The predicted molar refractivity (Wildman–Crippen MR) is 101 cm³/mol. The van der Waals surface area contributed by atoms with Crippen LogP contribution in [-0.2, 0) is 6.42 Å². The fourth-order valence-electron chi connectivity index (χ4n) is 4.00. The van der Waals surface area contributed by atoms with Crippen molar-refractivity contribution < 1.29 is 24.1 Å². The first-order chi connectivity index (χ1) is 13.1. The van der Waals surface area contributed by atoms with Crippen LogP contribution in [-0.4, -0.2) is 44.6 Å². The Balaban J connectivity index is 1.67. The molecule has 0 saturated carbocycles. The van der Waals surface area contributed by atoms with Gasteiger partial charge in [-0.25, -0.2) is 0 Å². The fourth-order valence-corrected chi connectivity index (χ4v) is 4.00. The summed E-state index contributed by atoms with van der Waals surface area (Å²) in [5.41, 5.74) is 3.15. The highest BCUT2D eigenvalue weighted by Crippen LogP contribution is 2.50. The largest absolute Gasteiger partial charge is 0.497 e. The fraction of sp³-hybridized carbons (Fsp3) is 0.429. The lowest BCUT2D eigenvalue weighted by Gasteiger charge is -2.37. The molecule has 2 aromatic carbocycles. The van der Waals surface area contributed by atoms with Crippen LogP contribution in [0, 0.1) is 0 Å². The topological polar surface area (TPSA) is 60.4 Å². The van der Waals surface area contributed by atoms with E-state index in [1.165, 1.54) is 5.56 Å². The summed E-state index contributed by atoms with van der Waals surface area (Å²) in [6.07, 6.45) is 0.879. The van der Waals surface area contributed by atoms with E-state index in [2.05, 4.69) is 18.0 Å². The van der Waals surface area contributed by atoms with Crippen LogP contribution in [0.25, 0.3) is 0 Å². The van der Waals surface area contributed by atoms with Crippen molar-refractivity contribution >= 4 is 0 Å². The highest BCUT2D eigenvalue weighted by atomic mass is 16.7. The van der Waals surface area contributed by atoms with Crippen LogP contribution in [0.5, 0.6) is 23.0 Å². The van der Waals surface area contributed by atoms with Crippen molar-refractivity contribution in [1.29, 1.82) is 0 Å². The van der Waals surface area contributed by atoms with Crippen LogP contribution < -0.4 is 18.9 Å². The zero-order chi connectivity index (χ0) is 19.0. The molecule has 0 radical (unpaired) electrons. The average Bonchev–Trinajstić information content (AvgIpc) is 3.16. The Labute approximate surface area is 159 Å². The molecule has 0 aromatic heterocycles.